The lowest BCUT2D eigenvalue weighted by atomic mass is 10.5. The van der Waals surface area contributed by atoms with E-state index in [9.17, 15) is 0 Å². The van der Waals surface area contributed by atoms with E-state index in [1.165, 1.54) is 0 Å². The number of hydrogen-bond acceptors (Lipinski definition) is 1. The van der Waals surface area contributed by atoms with Crippen molar-refractivity contribution in [1.29, 1.82) is 0 Å². The van der Waals surface area contributed by atoms with Crippen LogP contribution in [-0.2, 0) is 4.74 Å². The van der Waals surface area contributed by atoms with Crippen LogP contribution in [0.15, 0.2) is 24.5 Å². The van der Waals surface area contributed by atoms with Gasteiger partial charge >= 0.3 is 0 Å². The lowest BCUT2D eigenvalue weighted by Gasteiger charge is -1.92. The molecule has 54 valence electrons. The van der Waals surface area contributed by atoms with Crippen molar-refractivity contribution in [3.05, 3.63) is 24.5 Å². The molecule has 0 aliphatic heterocycles. The van der Waals surface area contributed by atoms with Gasteiger partial charge in [0.05, 0.1) is 12.9 Å². The predicted molar refractivity (Wildman–Crippen MR) is 42.3 cm³/mol. The number of allylic oxidation sites excluding steroid dienone is 3. The molecule has 0 heterocycles. The van der Waals surface area contributed by atoms with E-state index < -0.39 is 0 Å². The average Bonchev–Trinajstić information content (AvgIpc) is 1.93. The van der Waals surface area contributed by atoms with Gasteiger partial charge in [-0.05, 0) is 13.0 Å². The second-order valence-electron chi connectivity index (χ2n) is 1.22. The molecule has 0 N–H and O–H groups in total. The topological polar surface area (TPSA) is 9.23 Å². The Labute approximate surface area is 58.0 Å². The molecule has 0 atom stereocenters. The lowest BCUT2D eigenvalue weighted by molar-refractivity contribution is 0.294. The molecule has 0 saturated heterocycles. The largest absolute Gasteiger partial charge is 0.501 e. The van der Waals surface area contributed by atoms with Gasteiger partial charge < -0.3 is 4.74 Å². The second kappa shape index (κ2) is 10.3. The number of rotatable bonds is 2. The first kappa shape index (κ1) is 11.1. The fourth-order valence-corrected chi connectivity index (χ4v) is 0.234. The number of ether oxygens (including phenoxy) is 1. The molecule has 1 nitrogen and oxygen atoms in total. The fraction of sp³-hybridized carbons (Fsp3) is 0.500. The van der Waals surface area contributed by atoms with Gasteiger partial charge in [-0.25, -0.2) is 0 Å². The second-order valence-corrected chi connectivity index (χ2v) is 1.22. The van der Waals surface area contributed by atoms with Crippen molar-refractivity contribution in [2.75, 3.05) is 7.11 Å². The van der Waals surface area contributed by atoms with Crippen molar-refractivity contribution in [3.8, 4) is 0 Å². The molecule has 0 aromatic rings. The summed E-state index contributed by atoms with van der Waals surface area (Å²) in [6.45, 7) is 9.37. The Bertz CT molecular complexity index is 82.6. The standard InChI is InChI=1S/C6H10O.C2H6/c1-4-5-6(2)7-3;1-2/h4-5H,1H2,2-3H3;1-2H3/b6-5-;. The van der Waals surface area contributed by atoms with Crippen molar-refractivity contribution >= 4 is 0 Å². The predicted octanol–water partition coefficient (Wildman–Crippen LogP) is 2.75. The van der Waals surface area contributed by atoms with E-state index >= 15 is 0 Å². The maximum atomic E-state index is 4.78. The van der Waals surface area contributed by atoms with Crippen LogP contribution in [0.1, 0.15) is 20.8 Å². The van der Waals surface area contributed by atoms with Gasteiger partial charge in [-0.2, -0.15) is 0 Å². The van der Waals surface area contributed by atoms with Gasteiger partial charge in [0.1, 0.15) is 0 Å². The van der Waals surface area contributed by atoms with Crippen LogP contribution in [-0.4, -0.2) is 7.11 Å². The van der Waals surface area contributed by atoms with Gasteiger partial charge in [-0.3, -0.25) is 0 Å². The molecule has 1 heteroatoms. The summed E-state index contributed by atoms with van der Waals surface area (Å²) in [5.74, 6) is 0.884. The molecular weight excluding hydrogens is 112 g/mol. The summed E-state index contributed by atoms with van der Waals surface area (Å²) in [6.07, 6.45) is 3.50. The summed E-state index contributed by atoms with van der Waals surface area (Å²) in [4.78, 5) is 0. The molecule has 0 bridgehead atoms. The number of methoxy groups -OCH3 is 1. The first-order valence-electron chi connectivity index (χ1n) is 3.14. The summed E-state index contributed by atoms with van der Waals surface area (Å²) in [5.41, 5.74) is 0. The van der Waals surface area contributed by atoms with E-state index in [-0.39, 0.29) is 0 Å². The third-order valence-corrected chi connectivity index (χ3v) is 0.675. The van der Waals surface area contributed by atoms with E-state index in [2.05, 4.69) is 6.58 Å². The Morgan fingerprint density at radius 2 is 1.89 bits per heavy atom. The minimum atomic E-state index is 0.884. The molecule has 9 heavy (non-hydrogen) atoms. The van der Waals surface area contributed by atoms with Gasteiger partial charge in [0.15, 0.2) is 0 Å². The van der Waals surface area contributed by atoms with E-state index in [0.29, 0.717) is 0 Å². The normalized spacial score (nSPS) is 9.11. The van der Waals surface area contributed by atoms with Gasteiger partial charge in [-0.15, -0.1) is 0 Å². The highest BCUT2D eigenvalue weighted by atomic mass is 16.5. The van der Waals surface area contributed by atoms with Crippen molar-refractivity contribution < 1.29 is 4.74 Å². The molecule has 0 spiro atoms. The molecular formula is C8H16O. The van der Waals surface area contributed by atoms with Gasteiger partial charge in [-0.1, -0.05) is 26.5 Å². The Morgan fingerprint density at radius 3 is 2.00 bits per heavy atom. The Hall–Kier alpha value is -0.720. The van der Waals surface area contributed by atoms with E-state index in [1.54, 1.807) is 19.3 Å². The van der Waals surface area contributed by atoms with Crippen molar-refractivity contribution in [2.45, 2.75) is 20.8 Å². The summed E-state index contributed by atoms with van der Waals surface area (Å²) in [7, 11) is 1.63. The highest BCUT2D eigenvalue weighted by Gasteiger charge is 1.74. The molecule has 0 rings (SSSR count). The maximum absolute atomic E-state index is 4.78. The van der Waals surface area contributed by atoms with Crippen LogP contribution in [0.4, 0.5) is 0 Å². The zero-order chi connectivity index (χ0) is 7.70. The van der Waals surface area contributed by atoms with Gasteiger partial charge in [0.2, 0.25) is 0 Å². The molecule has 0 aliphatic rings. The third kappa shape index (κ3) is 11.1. The minimum Gasteiger partial charge on any atom is -0.501 e. The zero-order valence-corrected chi connectivity index (χ0v) is 6.77. The smallest absolute Gasteiger partial charge is 0.0924 e. The van der Waals surface area contributed by atoms with Crippen LogP contribution in [0.3, 0.4) is 0 Å². The summed E-state index contributed by atoms with van der Waals surface area (Å²) < 4.78 is 4.78. The molecule has 0 saturated carbocycles. The molecule has 0 unspecified atom stereocenters. The van der Waals surface area contributed by atoms with E-state index in [0.717, 1.165) is 5.76 Å². The minimum absolute atomic E-state index is 0.884. The fourth-order valence-electron chi connectivity index (χ4n) is 0.234. The van der Waals surface area contributed by atoms with Crippen molar-refractivity contribution in [3.63, 3.8) is 0 Å². The summed E-state index contributed by atoms with van der Waals surface area (Å²) in [6, 6.07) is 0. The van der Waals surface area contributed by atoms with Crippen LogP contribution < -0.4 is 0 Å². The van der Waals surface area contributed by atoms with Crippen LogP contribution in [0, 0.1) is 0 Å². The molecule has 0 radical (unpaired) electrons. The quantitative estimate of drug-likeness (QED) is 0.410. The Morgan fingerprint density at radius 1 is 1.44 bits per heavy atom. The number of hydrogen-bond donors (Lipinski definition) is 0. The molecule has 0 aliphatic carbocycles. The van der Waals surface area contributed by atoms with Crippen LogP contribution in [0.25, 0.3) is 0 Å². The summed E-state index contributed by atoms with van der Waals surface area (Å²) >= 11 is 0. The molecule has 0 aromatic heterocycles. The highest BCUT2D eigenvalue weighted by Crippen LogP contribution is 1.89. The molecule has 0 amide bonds. The molecule has 0 aromatic carbocycles. The molecule has 0 fully saturated rings. The Balaban J connectivity index is 0. The Kier molecular flexibility index (Phi) is 12.7. The van der Waals surface area contributed by atoms with Gasteiger partial charge in [0.25, 0.3) is 0 Å². The highest BCUT2D eigenvalue weighted by molar-refractivity contribution is 5.01. The van der Waals surface area contributed by atoms with E-state index in [4.69, 9.17) is 4.74 Å². The SMILES string of the molecule is C=C/C=C(/C)OC.CC. The van der Waals surface area contributed by atoms with E-state index in [1.807, 2.05) is 20.8 Å². The van der Waals surface area contributed by atoms with Crippen molar-refractivity contribution in [1.82, 2.24) is 0 Å². The zero-order valence-electron chi connectivity index (χ0n) is 6.77. The monoisotopic (exact) mass is 128 g/mol. The maximum Gasteiger partial charge on any atom is 0.0924 e. The first-order valence-corrected chi connectivity index (χ1v) is 3.14. The van der Waals surface area contributed by atoms with Crippen LogP contribution in [0.2, 0.25) is 0 Å². The van der Waals surface area contributed by atoms with Crippen molar-refractivity contribution in [2.24, 2.45) is 0 Å². The van der Waals surface area contributed by atoms with Gasteiger partial charge in [0, 0.05) is 0 Å². The first-order chi connectivity index (χ1) is 4.31. The van der Waals surface area contributed by atoms with Crippen LogP contribution >= 0.6 is 0 Å². The van der Waals surface area contributed by atoms with Crippen LogP contribution in [0.5, 0.6) is 0 Å². The third-order valence-electron chi connectivity index (χ3n) is 0.675. The average molecular weight is 128 g/mol. The summed E-state index contributed by atoms with van der Waals surface area (Å²) in [5, 5.41) is 0. The lowest BCUT2D eigenvalue weighted by Crippen LogP contribution is -1.74.